The fourth-order valence-electron chi connectivity index (χ4n) is 2.25. The van der Waals surface area contributed by atoms with Crippen LogP contribution in [0.3, 0.4) is 0 Å². The van der Waals surface area contributed by atoms with Crippen molar-refractivity contribution in [2.75, 3.05) is 6.61 Å². The maximum atomic E-state index is 8.89. The van der Waals surface area contributed by atoms with Crippen molar-refractivity contribution in [2.45, 2.75) is 26.3 Å². The first-order valence-corrected chi connectivity index (χ1v) is 6.25. The fourth-order valence-corrected chi connectivity index (χ4v) is 2.25. The minimum atomic E-state index is -0.0871. The van der Waals surface area contributed by atoms with Crippen LogP contribution >= 0.6 is 0 Å². The standard InChI is InChI=1S/C15H20N2O/c1-11-3-4-12(2)17(11)14-7-5-13(6-8-14)15(16)9-10-18/h3-8,15,18H,9-10,16H2,1-2H3. The summed E-state index contributed by atoms with van der Waals surface area (Å²) in [7, 11) is 0. The summed E-state index contributed by atoms with van der Waals surface area (Å²) in [6.07, 6.45) is 0.598. The minimum absolute atomic E-state index is 0.0871. The van der Waals surface area contributed by atoms with Crippen LogP contribution in [0.1, 0.15) is 29.4 Å². The molecule has 3 nitrogen and oxygen atoms in total. The Kier molecular flexibility index (Phi) is 3.84. The third-order valence-electron chi connectivity index (χ3n) is 3.29. The second kappa shape index (κ2) is 5.38. The number of hydrogen-bond acceptors (Lipinski definition) is 2. The average Bonchev–Trinajstić information content (AvgIpc) is 2.70. The van der Waals surface area contributed by atoms with Crippen molar-refractivity contribution in [1.29, 1.82) is 0 Å². The highest BCUT2D eigenvalue weighted by Crippen LogP contribution is 2.19. The van der Waals surface area contributed by atoms with E-state index in [1.807, 2.05) is 12.1 Å². The lowest BCUT2D eigenvalue weighted by Crippen LogP contribution is -2.12. The zero-order valence-corrected chi connectivity index (χ0v) is 10.9. The van der Waals surface area contributed by atoms with E-state index in [0.29, 0.717) is 6.42 Å². The highest BCUT2D eigenvalue weighted by Gasteiger charge is 2.07. The van der Waals surface area contributed by atoms with Gasteiger partial charge in [0.2, 0.25) is 0 Å². The topological polar surface area (TPSA) is 51.2 Å². The van der Waals surface area contributed by atoms with Crippen molar-refractivity contribution in [2.24, 2.45) is 5.73 Å². The van der Waals surface area contributed by atoms with Crippen molar-refractivity contribution in [1.82, 2.24) is 4.57 Å². The normalized spacial score (nSPS) is 12.7. The van der Waals surface area contributed by atoms with Crippen molar-refractivity contribution in [3.8, 4) is 5.69 Å². The van der Waals surface area contributed by atoms with Gasteiger partial charge in [0.05, 0.1) is 0 Å². The third-order valence-corrected chi connectivity index (χ3v) is 3.29. The van der Waals surface area contributed by atoms with Crippen LogP contribution in [0.5, 0.6) is 0 Å². The first kappa shape index (κ1) is 12.9. The number of rotatable bonds is 4. The molecule has 1 aromatic heterocycles. The lowest BCUT2D eigenvalue weighted by molar-refractivity contribution is 0.276. The molecule has 18 heavy (non-hydrogen) atoms. The van der Waals surface area contributed by atoms with Gasteiger partial charge in [-0.1, -0.05) is 12.1 Å². The molecule has 3 N–H and O–H groups in total. The molecule has 0 fully saturated rings. The van der Waals surface area contributed by atoms with Gasteiger partial charge in [-0.05, 0) is 50.1 Å². The Morgan fingerprint density at radius 2 is 1.61 bits per heavy atom. The van der Waals surface area contributed by atoms with E-state index in [4.69, 9.17) is 10.8 Å². The van der Waals surface area contributed by atoms with Crippen LogP contribution in [-0.2, 0) is 0 Å². The first-order valence-electron chi connectivity index (χ1n) is 6.25. The van der Waals surface area contributed by atoms with Crippen LogP contribution in [0.15, 0.2) is 36.4 Å². The molecule has 0 saturated heterocycles. The smallest absolute Gasteiger partial charge is 0.0455 e. The summed E-state index contributed by atoms with van der Waals surface area (Å²) in [5, 5.41) is 8.89. The predicted octanol–water partition coefficient (Wildman–Crippen LogP) is 2.48. The van der Waals surface area contributed by atoms with E-state index in [2.05, 4.69) is 42.7 Å². The molecule has 96 valence electrons. The Bertz CT molecular complexity index is 494. The molecule has 0 spiro atoms. The maximum absolute atomic E-state index is 8.89. The average molecular weight is 244 g/mol. The second-order valence-corrected chi connectivity index (χ2v) is 4.66. The number of nitrogens with zero attached hydrogens (tertiary/aromatic N) is 1. The quantitative estimate of drug-likeness (QED) is 0.868. The summed E-state index contributed by atoms with van der Waals surface area (Å²) >= 11 is 0. The zero-order valence-electron chi connectivity index (χ0n) is 10.9. The monoisotopic (exact) mass is 244 g/mol. The van der Waals surface area contributed by atoms with Crippen LogP contribution in [0.2, 0.25) is 0 Å². The van der Waals surface area contributed by atoms with Gasteiger partial charge in [-0.15, -0.1) is 0 Å². The summed E-state index contributed by atoms with van der Waals surface area (Å²) in [5.41, 5.74) is 10.6. The Hall–Kier alpha value is -1.58. The van der Waals surface area contributed by atoms with E-state index in [0.717, 1.165) is 11.3 Å². The summed E-state index contributed by atoms with van der Waals surface area (Å²) in [6, 6.07) is 12.4. The fraction of sp³-hybridized carbons (Fsp3) is 0.333. The molecule has 2 rings (SSSR count). The number of aliphatic hydroxyl groups is 1. The number of aromatic nitrogens is 1. The Balaban J connectivity index is 2.28. The molecule has 1 atom stereocenters. The number of nitrogens with two attached hydrogens (primary N) is 1. The molecular weight excluding hydrogens is 224 g/mol. The summed E-state index contributed by atoms with van der Waals surface area (Å²) in [4.78, 5) is 0. The number of aryl methyl sites for hydroxylation is 2. The second-order valence-electron chi connectivity index (χ2n) is 4.66. The summed E-state index contributed by atoms with van der Waals surface area (Å²) in [5.74, 6) is 0. The molecular formula is C15H20N2O. The Morgan fingerprint density at radius 3 is 2.11 bits per heavy atom. The SMILES string of the molecule is Cc1ccc(C)n1-c1ccc(C(N)CCO)cc1. The molecule has 0 bridgehead atoms. The van der Waals surface area contributed by atoms with E-state index in [1.165, 1.54) is 11.4 Å². The van der Waals surface area contributed by atoms with E-state index in [1.54, 1.807) is 0 Å². The van der Waals surface area contributed by atoms with Crippen molar-refractivity contribution in [3.05, 3.63) is 53.3 Å². The van der Waals surface area contributed by atoms with Gasteiger partial charge in [-0.3, -0.25) is 0 Å². The maximum Gasteiger partial charge on any atom is 0.0455 e. The van der Waals surface area contributed by atoms with Gasteiger partial charge in [-0.2, -0.15) is 0 Å². The zero-order chi connectivity index (χ0) is 13.1. The highest BCUT2D eigenvalue weighted by atomic mass is 16.3. The van der Waals surface area contributed by atoms with Crippen molar-refractivity contribution < 1.29 is 5.11 Å². The highest BCUT2D eigenvalue weighted by molar-refractivity contribution is 5.40. The number of aliphatic hydroxyl groups excluding tert-OH is 1. The van der Waals surface area contributed by atoms with Crippen molar-refractivity contribution in [3.63, 3.8) is 0 Å². The van der Waals surface area contributed by atoms with Crippen LogP contribution in [0.4, 0.5) is 0 Å². The molecule has 0 radical (unpaired) electrons. The molecule has 3 heteroatoms. The van der Waals surface area contributed by atoms with Crippen molar-refractivity contribution >= 4 is 0 Å². The minimum Gasteiger partial charge on any atom is -0.396 e. The number of hydrogen-bond donors (Lipinski definition) is 2. The van der Waals surface area contributed by atoms with E-state index in [9.17, 15) is 0 Å². The van der Waals surface area contributed by atoms with Crippen LogP contribution in [-0.4, -0.2) is 16.3 Å². The summed E-state index contributed by atoms with van der Waals surface area (Å²) < 4.78 is 2.21. The lowest BCUT2D eigenvalue weighted by atomic mass is 10.0. The predicted molar refractivity (Wildman–Crippen MR) is 73.9 cm³/mol. The molecule has 1 aromatic carbocycles. The molecule has 2 aromatic rings. The lowest BCUT2D eigenvalue weighted by Gasteiger charge is -2.13. The van der Waals surface area contributed by atoms with Gasteiger partial charge in [0, 0.05) is 29.7 Å². The van der Waals surface area contributed by atoms with E-state index >= 15 is 0 Å². The van der Waals surface area contributed by atoms with E-state index in [-0.39, 0.29) is 12.6 Å². The molecule has 0 amide bonds. The largest absolute Gasteiger partial charge is 0.396 e. The molecule has 0 aliphatic heterocycles. The van der Waals surface area contributed by atoms with Crippen LogP contribution in [0.25, 0.3) is 5.69 Å². The van der Waals surface area contributed by atoms with Crippen LogP contribution in [0, 0.1) is 13.8 Å². The van der Waals surface area contributed by atoms with E-state index < -0.39 is 0 Å². The van der Waals surface area contributed by atoms with Gasteiger partial charge in [0.25, 0.3) is 0 Å². The van der Waals surface area contributed by atoms with Gasteiger partial charge in [-0.25, -0.2) is 0 Å². The summed E-state index contributed by atoms with van der Waals surface area (Å²) in [6.45, 7) is 4.32. The molecule has 0 saturated carbocycles. The molecule has 0 aliphatic carbocycles. The Morgan fingerprint density at radius 1 is 1.06 bits per heavy atom. The molecule has 0 aliphatic rings. The molecule has 1 heterocycles. The first-order chi connectivity index (χ1) is 8.63. The van der Waals surface area contributed by atoms with Gasteiger partial charge in [0.15, 0.2) is 0 Å². The molecule has 1 unspecified atom stereocenters. The van der Waals surface area contributed by atoms with Gasteiger partial charge in [0.1, 0.15) is 0 Å². The van der Waals surface area contributed by atoms with Gasteiger partial charge < -0.3 is 15.4 Å². The third kappa shape index (κ3) is 2.47. The van der Waals surface area contributed by atoms with Gasteiger partial charge >= 0.3 is 0 Å². The Labute approximate surface area is 108 Å². The van der Waals surface area contributed by atoms with Crippen LogP contribution < -0.4 is 5.73 Å². The number of benzene rings is 1.